The predicted molar refractivity (Wildman–Crippen MR) is 95.7 cm³/mol. The molecule has 0 unspecified atom stereocenters. The van der Waals surface area contributed by atoms with E-state index in [-0.39, 0.29) is 0 Å². The molecule has 0 radical (unpaired) electrons. The summed E-state index contributed by atoms with van der Waals surface area (Å²) in [5.41, 5.74) is 12.7. The summed E-state index contributed by atoms with van der Waals surface area (Å²) in [6.45, 7) is 3.99. The van der Waals surface area contributed by atoms with Crippen molar-refractivity contribution in [2.75, 3.05) is 37.4 Å². The number of likely N-dealkylation sites (N-methyl/N-ethyl adjacent to an activating group) is 1. The number of carbonyl (C=O) groups excluding carboxylic acids is 1. The van der Waals surface area contributed by atoms with Crippen LogP contribution < -0.4 is 25.8 Å². The average molecular weight is 329 g/mol. The second-order valence-electron chi connectivity index (χ2n) is 5.24. The number of rotatable bonds is 8. The normalized spacial score (nSPS) is 10.2. The number of anilines is 2. The number of hydrogen-bond acceptors (Lipinski definition) is 5. The molecule has 0 aliphatic carbocycles. The number of nitrogens with two attached hydrogens (primary N) is 2. The Morgan fingerprint density at radius 3 is 2.38 bits per heavy atom. The van der Waals surface area contributed by atoms with E-state index >= 15 is 0 Å². The third-order valence-corrected chi connectivity index (χ3v) is 3.74. The van der Waals surface area contributed by atoms with E-state index in [1.807, 2.05) is 37.3 Å². The third-order valence-electron chi connectivity index (χ3n) is 3.74. The zero-order valence-electron chi connectivity index (χ0n) is 14.0. The molecule has 0 fully saturated rings. The molecular formula is C18H23N3O3. The quantitative estimate of drug-likeness (QED) is 0.725. The van der Waals surface area contributed by atoms with Gasteiger partial charge in [-0.1, -0.05) is 0 Å². The molecule has 2 aromatic rings. The summed E-state index contributed by atoms with van der Waals surface area (Å²) < 4.78 is 10.9. The van der Waals surface area contributed by atoms with Crippen molar-refractivity contribution in [3.63, 3.8) is 0 Å². The van der Waals surface area contributed by atoms with Gasteiger partial charge in [0.15, 0.2) is 0 Å². The van der Waals surface area contributed by atoms with Crippen molar-refractivity contribution in [2.45, 2.75) is 6.92 Å². The maximum absolute atomic E-state index is 11.4. The van der Waals surface area contributed by atoms with E-state index in [9.17, 15) is 4.79 Å². The SMILES string of the molecule is CCN(CCOc1ccc(OC)cc1)c1ccc(N)c(C(N)=O)c1. The Bertz CT molecular complexity index is 686. The lowest BCUT2D eigenvalue weighted by atomic mass is 10.1. The van der Waals surface area contributed by atoms with Gasteiger partial charge in [0.1, 0.15) is 18.1 Å². The van der Waals surface area contributed by atoms with Crippen molar-refractivity contribution in [3.05, 3.63) is 48.0 Å². The largest absolute Gasteiger partial charge is 0.497 e. The standard InChI is InChI=1S/C18H23N3O3/c1-3-21(13-4-9-17(19)16(12-13)18(20)22)10-11-24-15-7-5-14(23-2)6-8-15/h4-9,12H,3,10-11,19H2,1-2H3,(H2,20,22). The van der Waals surface area contributed by atoms with Crippen LogP contribution in [0, 0.1) is 0 Å². The van der Waals surface area contributed by atoms with Crippen LogP contribution >= 0.6 is 0 Å². The number of hydrogen-bond donors (Lipinski definition) is 2. The highest BCUT2D eigenvalue weighted by atomic mass is 16.5. The monoisotopic (exact) mass is 329 g/mol. The molecule has 4 N–H and O–H groups in total. The lowest BCUT2D eigenvalue weighted by Crippen LogP contribution is -2.28. The predicted octanol–water partition coefficient (Wildman–Crippen LogP) is 2.28. The number of ether oxygens (including phenoxy) is 2. The van der Waals surface area contributed by atoms with Crippen LogP contribution in [-0.4, -0.2) is 32.7 Å². The average Bonchev–Trinajstić information content (AvgIpc) is 2.60. The van der Waals surface area contributed by atoms with Crippen LogP contribution in [0.25, 0.3) is 0 Å². The number of primary amides is 1. The van der Waals surface area contributed by atoms with Crippen LogP contribution in [0.5, 0.6) is 11.5 Å². The van der Waals surface area contributed by atoms with E-state index in [4.69, 9.17) is 20.9 Å². The zero-order chi connectivity index (χ0) is 17.5. The highest BCUT2D eigenvalue weighted by molar-refractivity contribution is 5.99. The number of methoxy groups -OCH3 is 1. The van der Waals surface area contributed by atoms with Gasteiger partial charge < -0.3 is 25.8 Å². The number of nitrogen functional groups attached to an aromatic ring is 1. The lowest BCUT2D eigenvalue weighted by molar-refractivity contribution is 0.100. The number of benzene rings is 2. The molecule has 0 spiro atoms. The Morgan fingerprint density at radius 1 is 1.12 bits per heavy atom. The van der Waals surface area contributed by atoms with E-state index in [2.05, 4.69) is 4.90 Å². The lowest BCUT2D eigenvalue weighted by Gasteiger charge is -2.24. The fraction of sp³-hybridized carbons (Fsp3) is 0.278. The molecule has 0 saturated carbocycles. The molecule has 2 rings (SSSR count). The summed E-state index contributed by atoms with van der Waals surface area (Å²) in [5, 5.41) is 0. The smallest absolute Gasteiger partial charge is 0.250 e. The molecule has 0 atom stereocenters. The summed E-state index contributed by atoms with van der Waals surface area (Å²) in [6.07, 6.45) is 0. The first-order valence-corrected chi connectivity index (χ1v) is 7.76. The Labute approximate surface area is 142 Å². The first-order chi connectivity index (χ1) is 11.5. The van der Waals surface area contributed by atoms with Crippen molar-refractivity contribution in [1.82, 2.24) is 0 Å². The van der Waals surface area contributed by atoms with E-state index in [0.29, 0.717) is 24.4 Å². The van der Waals surface area contributed by atoms with Gasteiger partial charge in [-0.15, -0.1) is 0 Å². The fourth-order valence-corrected chi connectivity index (χ4v) is 2.37. The highest BCUT2D eigenvalue weighted by Crippen LogP contribution is 2.21. The van der Waals surface area contributed by atoms with E-state index in [0.717, 1.165) is 23.7 Å². The number of carbonyl (C=O) groups is 1. The Kier molecular flexibility index (Phi) is 5.89. The van der Waals surface area contributed by atoms with E-state index < -0.39 is 5.91 Å². The van der Waals surface area contributed by atoms with Crippen LogP contribution in [0.2, 0.25) is 0 Å². The van der Waals surface area contributed by atoms with Gasteiger partial charge in [0.2, 0.25) is 0 Å². The summed E-state index contributed by atoms with van der Waals surface area (Å²) in [7, 11) is 1.63. The van der Waals surface area contributed by atoms with Crippen molar-refractivity contribution in [1.29, 1.82) is 0 Å². The fourth-order valence-electron chi connectivity index (χ4n) is 2.37. The van der Waals surface area contributed by atoms with Gasteiger partial charge in [0.05, 0.1) is 19.2 Å². The third kappa shape index (κ3) is 4.32. The summed E-state index contributed by atoms with van der Waals surface area (Å²) in [6, 6.07) is 12.7. The molecule has 0 saturated heterocycles. The molecule has 6 heteroatoms. The highest BCUT2D eigenvalue weighted by Gasteiger charge is 2.11. The van der Waals surface area contributed by atoms with Gasteiger partial charge in [0, 0.05) is 17.9 Å². The van der Waals surface area contributed by atoms with Crippen molar-refractivity contribution >= 4 is 17.3 Å². The van der Waals surface area contributed by atoms with Crippen LogP contribution in [0.4, 0.5) is 11.4 Å². The summed E-state index contributed by atoms with van der Waals surface area (Å²) >= 11 is 0. The van der Waals surface area contributed by atoms with Crippen LogP contribution in [-0.2, 0) is 0 Å². The van der Waals surface area contributed by atoms with Gasteiger partial charge in [-0.3, -0.25) is 4.79 Å². The summed E-state index contributed by atoms with van der Waals surface area (Å²) in [5.74, 6) is 1.04. The van der Waals surface area contributed by atoms with Crippen molar-refractivity contribution < 1.29 is 14.3 Å². The molecule has 0 aromatic heterocycles. The second kappa shape index (κ2) is 8.10. The molecule has 0 bridgehead atoms. The zero-order valence-corrected chi connectivity index (χ0v) is 14.0. The van der Waals surface area contributed by atoms with Gasteiger partial charge in [-0.25, -0.2) is 0 Å². The molecule has 0 heterocycles. The molecule has 24 heavy (non-hydrogen) atoms. The van der Waals surface area contributed by atoms with Gasteiger partial charge in [-0.2, -0.15) is 0 Å². The maximum Gasteiger partial charge on any atom is 0.250 e. The van der Waals surface area contributed by atoms with Crippen molar-refractivity contribution in [2.24, 2.45) is 5.73 Å². The number of amides is 1. The molecule has 1 amide bonds. The van der Waals surface area contributed by atoms with Gasteiger partial charge in [0.25, 0.3) is 5.91 Å². The second-order valence-corrected chi connectivity index (χ2v) is 5.24. The Balaban J connectivity index is 1.99. The maximum atomic E-state index is 11.4. The number of nitrogens with zero attached hydrogens (tertiary/aromatic N) is 1. The Hall–Kier alpha value is -2.89. The molecule has 0 aliphatic rings. The molecule has 0 aliphatic heterocycles. The first-order valence-electron chi connectivity index (χ1n) is 7.76. The topological polar surface area (TPSA) is 90.8 Å². The molecule has 2 aromatic carbocycles. The molecule has 6 nitrogen and oxygen atoms in total. The minimum Gasteiger partial charge on any atom is -0.497 e. The van der Waals surface area contributed by atoms with Crippen LogP contribution in [0.15, 0.2) is 42.5 Å². The minimum atomic E-state index is -0.528. The van der Waals surface area contributed by atoms with Crippen molar-refractivity contribution in [3.8, 4) is 11.5 Å². The summed E-state index contributed by atoms with van der Waals surface area (Å²) in [4.78, 5) is 13.5. The molecular weight excluding hydrogens is 306 g/mol. The van der Waals surface area contributed by atoms with Crippen LogP contribution in [0.3, 0.4) is 0 Å². The first kappa shape index (κ1) is 17.5. The molecule has 128 valence electrons. The Morgan fingerprint density at radius 2 is 1.79 bits per heavy atom. The van der Waals surface area contributed by atoms with Gasteiger partial charge >= 0.3 is 0 Å². The van der Waals surface area contributed by atoms with Crippen LogP contribution in [0.1, 0.15) is 17.3 Å². The van der Waals surface area contributed by atoms with E-state index in [1.54, 1.807) is 19.2 Å². The van der Waals surface area contributed by atoms with Gasteiger partial charge in [-0.05, 0) is 49.4 Å². The van der Waals surface area contributed by atoms with E-state index in [1.165, 1.54) is 0 Å². The minimum absolute atomic E-state index is 0.335.